The predicted octanol–water partition coefficient (Wildman–Crippen LogP) is 4.75. The van der Waals surface area contributed by atoms with Crippen molar-refractivity contribution in [3.05, 3.63) is 77.4 Å². The zero-order valence-corrected chi connectivity index (χ0v) is 14.6. The summed E-state index contributed by atoms with van der Waals surface area (Å²) in [6.07, 6.45) is 2.53. The molecule has 24 heavy (non-hydrogen) atoms. The second-order valence-electron chi connectivity index (χ2n) is 5.90. The number of benzene rings is 2. The molecule has 0 saturated heterocycles. The first kappa shape index (κ1) is 17.8. The highest BCUT2D eigenvalue weighted by Gasteiger charge is 2.14. The lowest BCUT2D eigenvalue weighted by atomic mass is 9.99. The third-order valence-electron chi connectivity index (χ3n) is 4.13. The van der Waals surface area contributed by atoms with Crippen molar-refractivity contribution < 1.29 is 9.53 Å². The van der Waals surface area contributed by atoms with E-state index in [4.69, 9.17) is 4.74 Å². The van der Waals surface area contributed by atoms with Gasteiger partial charge in [-0.25, -0.2) is 0 Å². The van der Waals surface area contributed by atoms with E-state index in [0.29, 0.717) is 12.2 Å². The minimum absolute atomic E-state index is 0.00786. The Morgan fingerprint density at radius 3 is 2.46 bits per heavy atom. The van der Waals surface area contributed by atoms with Crippen molar-refractivity contribution in [2.24, 2.45) is 0 Å². The smallest absolute Gasteiger partial charge is 0.251 e. The summed E-state index contributed by atoms with van der Waals surface area (Å²) < 4.78 is 5.44. The van der Waals surface area contributed by atoms with Gasteiger partial charge in [0.2, 0.25) is 0 Å². The minimum atomic E-state index is -0.0738. The van der Waals surface area contributed by atoms with Crippen LogP contribution in [0.4, 0.5) is 0 Å². The lowest BCUT2D eigenvalue weighted by Crippen LogP contribution is -2.28. The molecule has 1 N–H and O–H groups in total. The summed E-state index contributed by atoms with van der Waals surface area (Å²) in [5, 5.41) is 3.11. The highest BCUT2D eigenvalue weighted by Crippen LogP contribution is 2.21. The molecule has 0 bridgehead atoms. The Kier molecular flexibility index (Phi) is 6.19. The number of hydrogen-bond acceptors (Lipinski definition) is 2. The summed E-state index contributed by atoms with van der Waals surface area (Å²) in [4.78, 5) is 12.5. The van der Waals surface area contributed by atoms with Crippen LogP contribution in [-0.2, 0) is 0 Å². The van der Waals surface area contributed by atoms with E-state index < -0.39 is 0 Å². The Bertz CT molecular complexity index is 704. The van der Waals surface area contributed by atoms with E-state index in [1.807, 2.05) is 0 Å². The molecule has 0 aromatic heterocycles. The van der Waals surface area contributed by atoms with E-state index >= 15 is 0 Å². The van der Waals surface area contributed by atoms with E-state index in [1.54, 1.807) is 30.3 Å². The third kappa shape index (κ3) is 4.48. The molecule has 0 aliphatic rings. The molecular weight excluding hydrogens is 298 g/mol. The average Bonchev–Trinajstić information content (AvgIpc) is 2.60. The van der Waals surface area contributed by atoms with Crippen LogP contribution in [0.25, 0.3) is 0 Å². The van der Waals surface area contributed by atoms with Gasteiger partial charge in [0.25, 0.3) is 5.91 Å². The van der Waals surface area contributed by atoms with E-state index in [1.165, 1.54) is 11.1 Å². The average molecular weight is 323 g/mol. The standard InChI is InChI=1S/C21H25NO2/c1-5-13-24-19-11-9-17(10-12-19)21(23)22-20(6-2)18-8-7-15(3)16(4)14-18/h5,7-12,14,20H,1,6,13H2,2-4H3,(H,22,23)/t20-/m1/s1. The van der Waals surface area contributed by atoms with Gasteiger partial charge >= 0.3 is 0 Å². The van der Waals surface area contributed by atoms with Gasteiger partial charge in [-0.05, 0) is 61.2 Å². The molecule has 2 aromatic carbocycles. The molecule has 0 aliphatic heterocycles. The van der Waals surface area contributed by atoms with Gasteiger partial charge in [-0.1, -0.05) is 37.8 Å². The van der Waals surface area contributed by atoms with E-state index in [-0.39, 0.29) is 11.9 Å². The second-order valence-corrected chi connectivity index (χ2v) is 5.90. The Morgan fingerprint density at radius 2 is 1.88 bits per heavy atom. The fraction of sp³-hybridized carbons (Fsp3) is 0.286. The Hall–Kier alpha value is -2.55. The molecule has 0 heterocycles. The Balaban J connectivity index is 2.08. The third-order valence-corrected chi connectivity index (χ3v) is 4.13. The van der Waals surface area contributed by atoms with Crippen LogP contribution in [-0.4, -0.2) is 12.5 Å². The molecule has 0 radical (unpaired) electrons. The quantitative estimate of drug-likeness (QED) is 0.747. The number of nitrogens with one attached hydrogen (secondary N) is 1. The summed E-state index contributed by atoms with van der Waals surface area (Å²) in [5.74, 6) is 0.656. The van der Waals surface area contributed by atoms with Crippen LogP contribution < -0.4 is 10.1 Å². The van der Waals surface area contributed by atoms with Crippen LogP contribution in [0.3, 0.4) is 0 Å². The van der Waals surface area contributed by atoms with Crippen molar-refractivity contribution in [2.75, 3.05) is 6.61 Å². The first-order chi connectivity index (χ1) is 11.5. The summed E-state index contributed by atoms with van der Waals surface area (Å²) in [5.41, 5.74) is 4.27. The van der Waals surface area contributed by atoms with Crippen molar-refractivity contribution in [3.63, 3.8) is 0 Å². The van der Waals surface area contributed by atoms with Gasteiger partial charge in [0.1, 0.15) is 12.4 Å². The molecule has 3 nitrogen and oxygen atoms in total. The highest BCUT2D eigenvalue weighted by molar-refractivity contribution is 5.94. The second kappa shape index (κ2) is 8.34. The molecular formula is C21H25NO2. The van der Waals surface area contributed by atoms with E-state index in [0.717, 1.165) is 17.7 Å². The maximum atomic E-state index is 12.5. The molecule has 2 aromatic rings. The molecule has 1 amide bonds. The lowest BCUT2D eigenvalue weighted by Gasteiger charge is -2.19. The van der Waals surface area contributed by atoms with Gasteiger partial charge in [0.05, 0.1) is 6.04 Å². The number of ether oxygens (including phenoxy) is 1. The van der Waals surface area contributed by atoms with E-state index in [2.05, 4.69) is 50.9 Å². The SMILES string of the molecule is C=CCOc1ccc(C(=O)N[C@H](CC)c2ccc(C)c(C)c2)cc1. The van der Waals surface area contributed by atoms with Gasteiger partial charge in [-0.3, -0.25) is 4.79 Å². The van der Waals surface area contributed by atoms with Crippen LogP contribution in [0.2, 0.25) is 0 Å². The van der Waals surface area contributed by atoms with Crippen molar-refractivity contribution in [3.8, 4) is 5.75 Å². The highest BCUT2D eigenvalue weighted by atomic mass is 16.5. The Morgan fingerprint density at radius 1 is 1.17 bits per heavy atom. The van der Waals surface area contributed by atoms with Crippen LogP contribution in [0.5, 0.6) is 5.75 Å². The van der Waals surface area contributed by atoms with Gasteiger partial charge < -0.3 is 10.1 Å². The van der Waals surface area contributed by atoms with Crippen molar-refractivity contribution in [2.45, 2.75) is 33.2 Å². The first-order valence-corrected chi connectivity index (χ1v) is 8.27. The molecule has 126 valence electrons. The number of rotatable bonds is 7. The van der Waals surface area contributed by atoms with Crippen LogP contribution in [0, 0.1) is 13.8 Å². The summed E-state index contributed by atoms with van der Waals surface area (Å²) in [7, 11) is 0. The molecule has 3 heteroatoms. The van der Waals surface area contributed by atoms with Crippen molar-refractivity contribution in [1.29, 1.82) is 0 Å². The molecule has 2 rings (SSSR count). The van der Waals surface area contributed by atoms with Crippen LogP contribution >= 0.6 is 0 Å². The molecule has 1 atom stereocenters. The number of amides is 1. The van der Waals surface area contributed by atoms with Crippen molar-refractivity contribution >= 4 is 5.91 Å². The summed E-state index contributed by atoms with van der Waals surface area (Å²) in [6.45, 7) is 10.3. The van der Waals surface area contributed by atoms with Gasteiger partial charge in [-0.2, -0.15) is 0 Å². The number of hydrogen-bond donors (Lipinski definition) is 1. The largest absolute Gasteiger partial charge is 0.490 e. The number of carbonyl (C=O) groups is 1. The van der Waals surface area contributed by atoms with Crippen molar-refractivity contribution in [1.82, 2.24) is 5.32 Å². The molecule has 0 saturated carbocycles. The number of aryl methyl sites for hydroxylation is 2. The predicted molar refractivity (Wildman–Crippen MR) is 98.5 cm³/mol. The molecule has 0 spiro atoms. The normalized spacial score (nSPS) is 11.6. The summed E-state index contributed by atoms with van der Waals surface area (Å²) in [6, 6.07) is 13.5. The number of carbonyl (C=O) groups excluding carboxylic acids is 1. The zero-order valence-electron chi connectivity index (χ0n) is 14.6. The topological polar surface area (TPSA) is 38.3 Å². The molecule has 0 unspecified atom stereocenters. The fourth-order valence-electron chi connectivity index (χ4n) is 2.50. The maximum Gasteiger partial charge on any atom is 0.251 e. The van der Waals surface area contributed by atoms with Gasteiger partial charge in [-0.15, -0.1) is 0 Å². The van der Waals surface area contributed by atoms with Crippen LogP contribution in [0.15, 0.2) is 55.1 Å². The lowest BCUT2D eigenvalue weighted by molar-refractivity contribution is 0.0935. The van der Waals surface area contributed by atoms with Gasteiger partial charge in [0.15, 0.2) is 0 Å². The first-order valence-electron chi connectivity index (χ1n) is 8.27. The minimum Gasteiger partial charge on any atom is -0.490 e. The van der Waals surface area contributed by atoms with E-state index in [9.17, 15) is 4.79 Å². The maximum absolute atomic E-state index is 12.5. The molecule has 0 aliphatic carbocycles. The monoisotopic (exact) mass is 323 g/mol. The van der Waals surface area contributed by atoms with Gasteiger partial charge in [0, 0.05) is 5.56 Å². The summed E-state index contributed by atoms with van der Waals surface area (Å²) >= 11 is 0. The zero-order chi connectivity index (χ0) is 17.5. The fourth-order valence-corrected chi connectivity index (χ4v) is 2.50. The van der Waals surface area contributed by atoms with Crippen LogP contribution in [0.1, 0.15) is 46.4 Å². The molecule has 0 fully saturated rings. The Labute approximate surface area is 144 Å².